The maximum absolute atomic E-state index is 13.1. The summed E-state index contributed by atoms with van der Waals surface area (Å²) in [6, 6.07) is 15.5. The summed E-state index contributed by atoms with van der Waals surface area (Å²) in [5.41, 5.74) is 3.27. The number of halogens is 1. The van der Waals surface area contributed by atoms with Gasteiger partial charge in [0.15, 0.2) is 5.82 Å². The Kier molecular flexibility index (Phi) is 4.99. The number of fused-ring (bicyclic) bond motifs is 3. The van der Waals surface area contributed by atoms with Gasteiger partial charge < -0.3 is 38.2 Å². The average molecular weight is 449 g/mol. The molecule has 0 saturated heterocycles. The van der Waals surface area contributed by atoms with Crippen molar-refractivity contribution in [3.63, 3.8) is 0 Å². The first-order chi connectivity index (χ1) is 11.7. The molecule has 1 aromatic heterocycles. The largest absolute Gasteiger partial charge is 1.00 e. The molecule has 5 nitrogen and oxygen atoms in total. The standard InChI is InChI=1S/C19H20N3O2.HI/c1-20-12-5-13-21-16-6-3-4-7-17(16)22(23)18(19(20)21)14-8-10-15(24-2)11-9-14;/h3-4,6-11H,5,12-13H2,1-2H3;1H/q+1;/p-1. The van der Waals surface area contributed by atoms with E-state index in [1.165, 1.54) is 0 Å². The summed E-state index contributed by atoms with van der Waals surface area (Å²) >= 11 is 0. The van der Waals surface area contributed by atoms with Crippen molar-refractivity contribution < 1.29 is 33.1 Å². The Morgan fingerprint density at radius 3 is 2.48 bits per heavy atom. The lowest BCUT2D eigenvalue weighted by molar-refractivity contribution is -0.451. The van der Waals surface area contributed by atoms with Gasteiger partial charge in [0.05, 0.1) is 17.1 Å². The first kappa shape index (κ1) is 17.7. The molecule has 2 aromatic carbocycles. The Bertz CT molecular complexity index is 967. The molecule has 6 heteroatoms. The minimum Gasteiger partial charge on any atom is -1.00 e. The first-order valence-corrected chi connectivity index (χ1v) is 8.14. The number of benzene rings is 2. The molecule has 0 N–H and O–H groups in total. The highest BCUT2D eigenvalue weighted by Gasteiger charge is 2.30. The smallest absolute Gasteiger partial charge is 0.311 e. The number of hydrogen-bond acceptors (Lipinski definition) is 3. The minimum absolute atomic E-state index is 0. The van der Waals surface area contributed by atoms with E-state index < -0.39 is 0 Å². The van der Waals surface area contributed by atoms with Crippen molar-refractivity contribution in [3.8, 4) is 17.0 Å². The van der Waals surface area contributed by atoms with Gasteiger partial charge in [-0.25, -0.2) is 0 Å². The molecule has 1 aliphatic heterocycles. The Morgan fingerprint density at radius 2 is 1.76 bits per heavy atom. The summed E-state index contributed by atoms with van der Waals surface area (Å²) < 4.78 is 8.56. The van der Waals surface area contributed by atoms with Crippen molar-refractivity contribution in [1.29, 1.82) is 0 Å². The fourth-order valence-electron chi connectivity index (χ4n) is 3.50. The van der Waals surface area contributed by atoms with Crippen LogP contribution in [0, 0.1) is 4.91 Å². The molecule has 3 aromatic rings. The van der Waals surface area contributed by atoms with Gasteiger partial charge in [0.25, 0.3) is 5.52 Å². The zero-order chi connectivity index (χ0) is 16.7. The molecule has 0 bridgehead atoms. The molecule has 0 spiro atoms. The highest BCUT2D eigenvalue weighted by atomic mass is 127. The summed E-state index contributed by atoms with van der Waals surface area (Å²) in [5, 5.41) is 0. The number of methoxy groups -OCH3 is 1. The van der Waals surface area contributed by atoms with Crippen molar-refractivity contribution in [2.45, 2.75) is 13.0 Å². The van der Waals surface area contributed by atoms with Gasteiger partial charge >= 0.3 is 5.69 Å². The van der Waals surface area contributed by atoms with E-state index in [2.05, 4.69) is 9.47 Å². The van der Waals surface area contributed by atoms with Crippen LogP contribution in [0.25, 0.3) is 22.3 Å². The highest BCUT2D eigenvalue weighted by molar-refractivity contribution is 5.80. The van der Waals surface area contributed by atoms with E-state index in [0.717, 1.165) is 46.6 Å². The number of rotatable bonds is 2. The average Bonchev–Trinajstić information content (AvgIpc) is 2.63. The Labute approximate surface area is 163 Å². The van der Waals surface area contributed by atoms with Crippen LogP contribution in [0.1, 0.15) is 6.42 Å². The van der Waals surface area contributed by atoms with Crippen molar-refractivity contribution in [3.05, 3.63) is 53.4 Å². The topological polar surface area (TPSA) is 40.4 Å². The maximum Gasteiger partial charge on any atom is 0.311 e. The molecule has 0 unspecified atom stereocenters. The van der Waals surface area contributed by atoms with E-state index in [1.54, 1.807) is 7.11 Å². The van der Waals surface area contributed by atoms with Gasteiger partial charge in [0.1, 0.15) is 11.3 Å². The molecular weight excluding hydrogens is 429 g/mol. The van der Waals surface area contributed by atoms with Gasteiger partial charge in [0, 0.05) is 31.1 Å². The van der Waals surface area contributed by atoms with Crippen LogP contribution in [0.3, 0.4) is 0 Å². The van der Waals surface area contributed by atoms with E-state index in [1.807, 2.05) is 55.6 Å². The number of para-hydroxylation sites is 2. The lowest BCUT2D eigenvalue weighted by atomic mass is 10.1. The predicted molar refractivity (Wildman–Crippen MR) is 95.2 cm³/mol. The summed E-state index contributed by atoms with van der Waals surface area (Å²) in [5.74, 6) is 1.76. The van der Waals surface area contributed by atoms with E-state index >= 15 is 0 Å². The van der Waals surface area contributed by atoms with Crippen LogP contribution in [-0.2, 0) is 6.54 Å². The second-order valence-electron chi connectivity index (χ2n) is 6.11. The lowest BCUT2D eigenvalue weighted by Crippen LogP contribution is -3.00. The summed E-state index contributed by atoms with van der Waals surface area (Å²) in [7, 11) is 3.69. The summed E-state index contributed by atoms with van der Waals surface area (Å²) in [6.07, 6.45) is 1.07. The van der Waals surface area contributed by atoms with E-state index in [0.29, 0.717) is 11.2 Å². The predicted octanol–water partition coefficient (Wildman–Crippen LogP) is 0.0753. The Morgan fingerprint density at radius 1 is 1.04 bits per heavy atom. The van der Waals surface area contributed by atoms with Crippen LogP contribution in [0.2, 0.25) is 0 Å². The van der Waals surface area contributed by atoms with Crippen LogP contribution in [0.5, 0.6) is 5.75 Å². The normalized spacial score (nSPS) is 13.3. The van der Waals surface area contributed by atoms with Crippen LogP contribution in [0.15, 0.2) is 48.5 Å². The fourth-order valence-corrected chi connectivity index (χ4v) is 3.50. The van der Waals surface area contributed by atoms with Crippen LogP contribution in [0.4, 0.5) is 5.82 Å². The number of hydrogen-bond donors (Lipinski definition) is 0. The number of anilines is 1. The highest BCUT2D eigenvalue weighted by Crippen LogP contribution is 2.33. The third kappa shape index (κ3) is 2.88. The van der Waals surface area contributed by atoms with Crippen molar-refractivity contribution in [2.75, 3.05) is 25.6 Å². The third-order valence-electron chi connectivity index (χ3n) is 4.66. The summed E-state index contributed by atoms with van der Waals surface area (Å²) in [4.78, 5) is 15.3. The molecular formula is C19H20IN3O2. The van der Waals surface area contributed by atoms with Gasteiger partial charge in [-0.1, -0.05) is 12.1 Å². The van der Waals surface area contributed by atoms with Crippen LogP contribution in [-0.4, -0.2) is 25.3 Å². The van der Waals surface area contributed by atoms with Crippen LogP contribution < -0.4 is 38.0 Å². The van der Waals surface area contributed by atoms with Gasteiger partial charge in [-0.15, -0.1) is 0 Å². The van der Waals surface area contributed by atoms with Crippen molar-refractivity contribution in [1.82, 2.24) is 4.57 Å². The third-order valence-corrected chi connectivity index (χ3v) is 4.66. The second-order valence-corrected chi connectivity index (χ2v) is 6.11. The molecule has 1 aliphatic rings. The quantitative estimate of drug-likeness (QED) is 0.411. The monoisotopic (exact) mass is 449 g/mol. The molecule has 25 heavy (non-hydrogen) atoms. The van der Waals surface area contributed by atoms with Crippen molar-refractivity contribution in [2.24, 2.45) is 0 Å². The number of nitrogens with zero attached hydrogens (tertiary/aromatic N) is 3. The van der Waals surface area contributed by atoms with E-state index in [-0.39, 0.29) is 24.0 Å². The molecule has 2 heterocycles. The van der Waals surface area contributed by atoms with E-state index in [4.69, 9.17) is 4.74 Å². The zero-order valence-corrected chi connectivity index (χ0v) is 16.4. The molecule has 0 fully saturated rings. The van der Waals surface area contributed by atoms with Crippen molar-refractivity contribution >= 4 is 16.9 Å². The molecule has 4 rings (SSSR count). The Balaban J connectivity index is 0.00000182. The molecule has 0 saturated carbocycles. The Hall–Kier alpha value is -2.09. The molecule has 0 aliphatic carbocycles. The second kappa shape index (κ2) is 7.03. The SMILES string of the molecule is COc1ccc(-c2c3n(c4ccccc4[n+]2=O)CCCN3C)cc1.[I-]. The number of ether oxygens (including phenoxy) is 1. The van der Waals surface area contributed by atoms with Gasteiger partial charge in [-0.2, -0.15) is 0 Å². The van der Waals surface area contributed by atoms with E-state index in [9.17, 15) is 4.91 Å². The molecule has 0 radical (unpaired) electrons. The fraction of sp³-hybridized carbons (Fsp3) is 0.263. The molecule has 130 valence electrons. The first-order valence-electron chi connectivity index (χ1n) is 8.14. The minimum atomic E-state index is 0. The van der Waals surface area contributed by atoms with Crippen LogP contribution >= 0.6 is 0 Å². The lowest BCUT2D eigenvalue weighted by Gasteiger charge is -2.29. The maximum atomic E-state index is 13.1. The number of aromatic nitrogens is 2. The van der Waals surface area contributed by atoms with Gasteiger partial charge in [-0.05, 0) is 36.8 Å². The number of aryl methyl sites for hydroxylation is 1. The zero-order valence-electron chi connectivity index (χ0n) is 14.3. The molecule has 0 atom stereocenters. The molecule has 0 amide bonds. The van der Waals surface area contributed by atoms with Gasteiger partial charge in [-0.3, -0.25) is 0 Å². The van der Waals surface area contributed by atoms with Gasteiger partial charge in [0.2, 0.25) is 0 Å². The summed E-state index contributed by atoms with van der Waals surface area (Å²) in [6.45, 7) is 1.87.